The number of fused-ring (bicyclic) bond motifs is 1. The number of carbonyl (C=O) groups excluding carboxylic acids is 2. The molecule has 2 amide bonds. The number of carbonyl (C=O) groups is 2. The van der Waals surface area contributed by atoms with E-state index in [1.54, 1.807) is 0 Å². The van der Waals surface area contributed by atoms with Crippen LogP contribution in [0.3, 0.4) is 0 Å². The Morgan fingerprint density at radius 2 is 1.86 bits per heavy atom. The number of hydrogen-bond acceptors (Lipinski definition) is 3. The summed E-state index contributed by atoms with van der Waals surface area (Å²) in [6, 6.07) is 12.1. The van der Waals surface area contributed by atoms with E-state index in [-0.39, 0.29) is 11.8 Å². The normalized spacial score (nSPS) is 19.1. The van der Waals surface area contributed by atoms with E-state index in [2.05, 4.69) is 41.8 Å². The van der Waals surface area contributed by atoms with Crippen molar-refractivity contribution in [2.45, 2.75) is 38.1 Å². The lowest BCUT2D eigenvalue weighted by Gasteiger charge is -2.43. The standard InChI is InChI=1S/C24H29N3O2/c1-2-3-4-7-18-8-5-10-20-19(18)9-6-11-21(20)22(28)27-16-12-24(13-17-27)23(29)25-14-15-26-24/h4-11,26H,2-3,12-17H2,1H3,(H,25,29)/b7-4+. The molecule has 5 nitrogen and oxygen atoms in total. The van der Waals surface area contributed by atoms with Crippen LogP contribution < -0.4 is 10.6 Å². The molecule has 0 saturated carbocycles. The summed E-state index contributed by atoms with van der Waals surface area (Å²) in [6.45, 7) is 4.81. The zero-order valence-electron chi connectivity index (χ0n) is 17.0. The maximum Gasteiger partial charge on any atom is 0.254 e. The summed E-state index contributed by atoms with van der Waals surface area (Å²) in [5.74, 6) is 0.126. The van der Waals surface area contributed by atoms with Crippen LogP contribution in [0.15, 0.2) is 42.5 Å². The van der Waals surface area contributed by atoms with E-state index >= 15 is 0 Å². The molecule has 0 unspecified atom stereocenters. The molecule has 1 spiro atoms. The molecular formula is C24H29N3O2. The Labute approximate surface area is 172 Å². The van der Waals surface area contributed by atoms with Crippen molar-refractivity contribution in [1.82, 2.24) is 15.5 Å². The molecule has 0 aromatic heterocycles. The van der Waals surface area contributed by atoms with Crippen molar-refractivity contribution in [3.05, 3.63) is 53.6 Å². The van der Waals surface area contributed by atoms with Crippen LogP contribution >= 0.6 is 0 Å². The van der Waals surface area contributed by atoms with Crippen molar-refractivity contribution in [3.8, 4) is 0 Å². The first kappa shape index (κ1) is 19.6. The molecule has 152 valence electrons. The number of allylic oxidation sites excluding steroid dienone is 1. The molecule has 2 aliphatic heterocycles. The summed E-state index contributed by atoms with van der Waals surface area (Å²) >= 11 is 0. The molecule has 0 radical (unpaired) electrons. The van der Waals surface area contributed by atoms with E-state index in [0.29, 0.717) is 32.5 Å². The highest BCUT2D eigenvalue weighted by molar-refractivity contribution is 6.08. The van der Waals surface area contributed by atoms with Gasteiger partial charge in [-0.1, -0.05) is 55.8 Å². The number of likely N-dealkylation sites (tertiary alicyclic amines) is 1. The molecular weight excluding hydrogens is 362 g/mol. The fraction of sp³-hybridized carbons (Fsp3) is 0.417. The molecule has 2 aliphatic rings. The average Bonchev–Trinajstić information content (AvgIpc) is 2.76. The van der Waals surface area contributed by atoms with Gasteiger partial charge < -0.3 is 15.5 Å². The maximum atomic E-state index is 13.3. The molecule has 29 heavy (non-hydrogen) atoms. The second-order valence-corrected chi connectivity index (χ2v) is 8.00. The zero-order valence-corrected chi connectivity index (χ0v) is 17.0. The van der Waals surface area contributed by atoms with Crippen molar-refractivity contribution >= 4 is 28.7 Å². The molecule has 2 aromatic rings. The second-order valence-electron chi connectivity index (χ2n) is 8.00. The number of hydrogen-bond donors (Lipinski definition) is 2. The first-order valence-electron chi connectivity index (χ1n) is 10.7. The summed E-state index contributed by atoms with van der Waals surface area (Å²) in [4.78, 5) is 27.6. The van der Waals surface area contributed by atoms with E-state index in [1.165, 1.54) is 0 Å². The van der Waals surface area contributed by atoms with Gasteiger partial charge in [0.05, 0.1) is 0 Å². The van der Waals surface area contributed by atoms with Gasteiger partial charge in [-0.05, 0) is 41.7 Å². The summed E-state index contributed by atoms with van der Waals surface area (Å²) in [6.07, 6.45) is 7.81. The third-order valence-electron chi connectivity index (χ3n) is 6.15. The highest BCUT2D eigenvalue weighted by Crippen LogP contribution is 2.28. The minimum absolute atomic E-state index is 0.0522. The van der Waals surface area contributed by atoms with Crippen molar-refractivity contribution in [2.75, 3.05) is 26.2 Å². The van der Waals surface area contributed by atoms with Crippen LogP contribution in [-0.4, -0.2) is 48.4 Å². The SMILES string of the molecule is CCC/C=C/c1cccc2c(C(=O)N3CCC4(CC3)NCCNC4=O)cccc12. The van der Waals surface area contributed by atoms with E-state index in [4.69, 9.17) is 0 Å². The van der Waals surface area contributed by atoms with E-state index < -0.39 is 5.54 Å². The van der Waals surface area contributed by atoms with Gasteiger partial charge in [-0.2, -0.15) is 0 Å². The molecule has 0 bridgehead atoms. The fourth-order valence-corrected chi connectivity index (χ4v) is 4.44. The topological polar surface area (TPSA) is 61.4 Å². The summed E-state index contributed by atoms with van der Waals surface area (Å²) in [7, 11) is 0. The Balaban J connectivity index is 1.56. The quantitative estimate of drug-likeness (QED) is 0.840. The van der Waals surface area contributed by atoms with Gasteiger partial charge in [0.15, 0.2) is 0 Å². The molecule has 2 N–H and O–H groups in total. The number of unbranched alkanes of at least 4 members (excludes halogenated alkanes) is 1. The molecule has 0 aliphatic carbocycles. The molecule has 0 atom stereocenters. The predicted molar refractivity (Wildman–Crippen MR) is 117 cm³/mol. The van der Waals surface area contributed by atoms with Gasteiger partial charge in [-0.15, -0.1) is 0 Å². The van der Waals surface area contributed by atoms with Gasteiger partial charge in [-0.3, -0.25) is 9.59 Å². The Bertz CT molecular complexity index is 942. The van der Waals surface area contributed by atoms with Crippen LogP contribution in [-0.2, 0) is 4.79 Å². The van der Waals surface area contributed by atoms with E-state index in [0.717, 1.165) is 41.3 Å². The Morgan fingerprint density at radius 1 is 1.10 bits per heavy atom. The average molecular weight is 392 g/mol. The summed E-state index contributed by atoms with van der Waals surface area (Å²) < 4.78 is 0. The minimum atomic E-state index is -0.509. The van der Waals surface area contributed by atoms with Gasteiger partial charge in [0, 0.05) is 31.7 Å². The number of piperidine rings is 1. The lowest BCUT2D eigenvalue weighted by atomic mass is 9.85. The van der Waals surface area contributed by atoms with Crippen LogP contribution in [0, 0.1) is 0 Å². The zero-order chi connectivity index (χ0) is 20.3. The lowest BCUT2D eigenvalue weighted by Crippen LogP contribution is -2.66. The fourth-order valence-electron chi connectivity index (χ4n) is 4.44. The third-order valence-corrected chi connectivity index (χ3v) is 6.15. The lowest BCUT2D eigenvalue weighted by molar-refractivity contribution is -0.131. The van der Waals surface area contributed by atoms with E-state index in [1.807, 2.05) is 29.2 Å². The van der Waals surface area contributed by atoms with Crippen LogP contribution in [0.25, 0.3) is 16.8 Å². The van der Waals surface area contributed by atoms with Gasteiger partial charge in [0.25, 0.3) is 5.91 Å². The molecule has 2 saturated heterocycles. The number of nitrogens with one attached hydrogen (secondary N) is 2. The van der Waals surface area contributed by atoms with Crippen LogP contribution in [0.1, 0.15) is 48.5 Å². The number of amides is 2. The summed E-state index contributed by atoms with van der Waals surface area (Å²) in [5.41, 5.74) is 1.38. The number of piperazine rings is 1. The van der Waals surface area contributed by atoms with Crippen molar-refractivity contribution in [2.24, 2.45) is 0 Å². The second kappa shape index (κ2) is 8.37. The number of nitrogens with zero attached hydrogens (tertiary/aromatic N) is 1. The summed E-state index contributed by atoms with van der Waals surface area (Å²) in [5, 5.41) is 8.44. The van der Waals surface area contributed by atoms with Gasteiger partial charge in [-0.25, -0.2) is 0 Å². The van der Waals surface area contributed by atoms with Gasteiger partial charge in [0.1, 0.15) is 5.54 Å². The van der Waals surface area contributed by atoms with Crippen LogP contribution in [0.4, 0.5) is 0 Å². The molecule has 5 heteroatoms. The molecule has 4 rings (SSSR count). The Morgan fingerprint density at radius 3 is 2.62 bits per heavy atom. The Kier molecular flexibility index (Phi) is 5.67. The third kappa shape index (κ3) is 3.79. The highest BCUT2D eigenvalue weighted by atomic mass is 16.2. The molecule has 2 heterocycles. The minimum Gasteiger partial charge on any atom is -0.353 e. The van der Waals surface area contributed by atoms with Gasteiger partial charge in [0.2, 0.25) is 5.91 Å². The number of rotatable bonds is 4. The van der Waals surface area contributed by atoms with Crippen molar-refractivity contribution in [3.63, 3.8) is 0 Å². The monoisotopic (exact) mass is 391 g/mol. The Hall–Kier alpha value is -2.66. The maximum absolute atomic E-state index is 13.3. The first-order chi connectivity index (χ1) is 14.1. The predicted octanol–water partition coefficient (Wildman–Crippen LogP) is 3.35. The van der Waals surface area contributed by atoms with Crippen molar-refractivity contribution < 1.29 is 9.59 Å². The number of benzene rings is 2. The van der Waals surface area contributed by atoms with Gasteiger partial charge >= 0.3 is 0 Å². The van der Waals surface area contributed by atoms with Crippen LogP contribution in [0.5, 0.6) is 0 Å². The smallest absolute Gasteiger partial charge is 0.254 e. The molecule has 2 fully saturated rings. The highest BCUT2D eigenvalue weighted by Gasteiger charge is 2.43. The largest absolute Gasteiger partial charge is 0.353 e. The first-order valence-corrected chi connectivity index (χ1v) is 10.7. The molecule has 2 aromatic carbocycles. The van der Waals surface area contributed by atoms with E-state index in [9.17, 15) is 9.59 Å². The van der Waals surface area contributed by atoms with Crippen molar-refractivity contribution in [1.29, 1.82) is 0 Å². The van der Waals surface area contributed by atoms with Crippen LogP contribution in [0.2, 0.25) is 0 Å².